The quantitative estimate of drug-likeness (QED) is 0.774. The van der Waals surface area contributed by atoms with E-state index in [0.29, 0.717) is 11.6 Å². The lowest BCUT2D eigenvalue weighted by Crippen LogP contribution is -2.02. The summed E-state index contributed by atoms with van der Waals surface area (Å²) in [6.45, 7) is 0.627. The Morgan fingerprint density at radius 2 is 2.25 bits per heavy atom. The smallest absolute Gasteiger partial charge is 0.143 e. The van der Waals surface area contributed by atoms with Crippen molar-refractivity contribution in [2.45, 2.75) is 6.54 Å². The van der Waals surface area contributed by atoms with Crippen LogP contribution in [0.15, 0.2) is 36.0 Å². The van der Waals surface area contributed by atoms with E-state index in [0.717, 1.165) is 21.9 Å². The molecule has 2 aromatic heterocycles. The number of tetrazole rings is 1. The van der Waals surface area contributed by atoms with Crippen molar-refractivity contribution in [1.82, 2.24) is 20.2 Å². The second-order valence-corrected chi connectivity index (χ2v) is 5.48. The highest BCUT2D eigenvalue weighted by atomic mass is 35.5. The van der Waals surface area contributed by atoms with Crippen LogP contribution in [0.3, 0.4) is 0 Å². The number of halogens is 1. The molecule has 0 saturated heterocycles. The van der Waals surface area contributed by atoms with Crippen molar-refractivity contribution in [2.75, 3.05) is 11.1 Å². The first kappa shape index (κ1) is 12.9. The molecule has 0 unspecified atom stereocenters. The van der Waals surface area contributed by atoms with Gasteiger partial charge in [0, 0.05) is 10.6 Å². The van der Waals surface area contributed by atoms with Crippen molar-refractivity contribution < 1.29 is 0 Å². The summed E-state index contributed by atoms with van der Waals surface area (Å²) in [4.78, 5) is 1.08. The second-order valence-electron chi connectivity index (χ2n) is 4.07. The minimum absolute atomic E-state index is 0.627. The standard InChI is InChI=1S/C12H11ClN6S/c13-9-2-1-8(19-7-16-17-18-19)5-11(9)15-6-12-10(14)3-4-20-12/h1-5,7,15H,6,14H2. The SMILES string of the molecule is Nc1ccsc1CNc1cc(-n2cnnn2)ccc1Cl. The van der Waals surface area contributed by atoms with Gasteiger partial charge in [0.25, 0.3) is 0 Å². The van der Waals surface area contributed by atoms with E-state index >= 15 is 0 Å². The van der Waals surface area contributed by atoms with Crippen molar-refractivity contribution in [3.8, 4) is 5.69 Å². The lowest BCUT2D eigenvalue weighted by molar-refractivity contribution is 0.789. The molecule has 1 aromatic carbocycles. The van der Waals surface area contributed by atoms with Gasteiger partial charge in [0.15, 0.2) is 0 Å². The Morgan fingerprint density at radius 1 is 1.35 bits per heavy atom. The maximum Gasteiger partial charge on any atom is 0.143 e. The number of nitrogen functional groups attached to an aromatic ring is 1. The predicted molar refractivity (Wildman–Crippen MR) is 80.2 cm³/mol. The summed E-state index contributed by atoms with van der Waals surface area (Å²) < 4.78 is 1.57. The Bertz CT molecular complexity index is 709. The number of thiophene rings is 1. The van der Waals surface area contributed by atoms with Gasteiger partial charge in [-0.25, -0.2) is 4.68 Å². The number of nitrogens with two attached hydrogens (primary N) is 1. The molecule has 0 atom stereocenters. The third-order valence-corrected chi connectivity index (χ3v) is 4.05. The maximum atomic E-state index is 6.19. The summed E-state index contributed by atoms with van der Waals surface area (Å²) in [6.07, 6.45) is 1.53. The summed E-state index contributed by atoms with van der Waals surface area (Å²) >= 11 is 7.79. The molecular weight excluding hydrogens is 296 g/mol. The molecule has 6 nitrogen and oxygen atoms in total. The summed E-state index contributed by atoms with van der Waals surface area (Å²) in [5.74, 6) is 0. The van der Waals surface area contributed by atoms with E-state index in [9.17, 15) is 0 Å². The van der Waals surface area contributed by atoms with Crippen LogP contribution >= 0.6 is 22.9 Å². The van der Waals surface area contributed by atoms with Crippen LogP contribution in [-0.2, 0) is 6.54 Å². The molecule has 8 heteroatoms. The van der Waals surface area contributed by atoms with Gasteiger partial charge >= 0.3 is 0 Å². The van der Waals surface area contributed by atoms with Crippen LogP contribution in [0.4, 0.5) is 11.4 Å². The summed E-state index contributed by atoms with van der Waals surface area (Å²) in [5.41, 5.74) is 8.29. The molecule has 0 aliphatic carbocycles. The van der Waals surface area contributed by atoms with Gasteiger partial charge in [0.2, 0.25) is 0 Å². The van der Waals surface area contributed by atoms with Gasteiger partial charge in [-0.05, 0) is 40.1 Å². The van der Waals surface area contributed by atoms with E-state index in [1.54, 1.807) is 22.1 Å². The number of anilines is 2. The van der Waals surface area contributed by atoms with Crippen molar-refractivity contribution >= 4 is 34.3 Å². The van der Waals surface area contributed by atoms with Gasteiger partial charge < -0.3 is 11.1 Å². The Labute approximate surface area is 124 Å². The molecule has 102 valence electrons. The predicted octanol–water partition coefficient (Wildman–Crippen LogP) is 2.57. The normalized spacial score (nSPS) is 10.7. The minimum Gasteiger partial charge on any atom is -0.398 e. The average Bonchev–Trinajstić information content (AvgIpc) is 3.10. The topological polar surface area (TPSA) is 81.6 Å². The zero-order chi connectivity index (χ0) is 13.9. The van der Waals surface area contributed by atoms with Crippen molar-refractivity contribution in [3.05, 3.63) is 45.9 Å². The molecule has 0 fully saturated rings. The molecular formula is C12H11ClN6S. The molecule has 3 aromatic rings. The fourth-order valence-electron chi connectivity index (χ4n) is 1.74. The van der Waals surface area contributed by atoms with Crippen molar-refractivity contribution in [2.24, 2.45) is 0 Å². The molecule has 0 radical (unpaired) electrons. The van der Waals surface area contributed by atoms with Gasteiger partial charge in [-0.1, -0.05) is 11.6 Å². The van der Waals surface area contributed by atoms with Crippen LogP contribution < -0.4 is 11.1 Å². The molecule has 0 amide bonds. The lowest BCUT2D eigenvalue weighted by Gasteiger charge is -2.10. The molecule has 3 rings (SSSR count). The zero-order valence-electron chi connectivity index (χ0n) is 10.3. The van der Waals surface area contributed by atoms with E-state index in [1.165, 1.54) is 6.33 Å². The minimum atomic E-state index is 0.627. The summed E-state index contributed by atoms with van der Waals surface area (Å²) in [6, 6.07) is 7.44. The highest BCUT2D eigenvalue weighted by Crippen LogP contribution is 2.26. The highest BCUT2D eigenvalue weighted by molar-refractivity contribution is 7.10. The van der Waals surface area contributed by atoms with Crippen molar-refractivity contribution in [1.29, 1.82) is 0 Å². The van der Waals surface area contributed by atoms with E-state index < -0.39 is 0 Å². The first-order valence-electron chi connectivity index (χ1n) is 5.82. The Morgan fingerprint density at radius 3 is 2.95 bits per heavy atom. The number of hydrogen-bond donors (Lipinski definition) is 2. The number of rotatable bonds is 4. The molecule has 0 aliphatic heterocycles. The number of aromatic nitrogens is 4. The molecule has 0 aliphatic rings. The van der Waals surface area contributed by atoms with Crippen LogP contribution in [-0.4, -0.2) is 20.2 Å². The van der Waals surface area contributed by atoms with Gasteiger partial charge in [-0.3, -0.25) is 0 Å². The van der Waals surface area contributed by atoms with E-state index in [2.05, 4.69) is 20.8 Å². The summed E-state index contributed by atoms with van der Waals surface area (Å²) in [5, 5.41) is 16.9. The fraction of sp³-hybridized carbons (Fsp3) is 0.0833. The maximum absolute atomic E-state index is 6.19. The largest absolute Gasteiger partial charge is 0.398 e. The highest BCUT2D eigenvalue weighted by Gasteiger charge is 2.06. The van der Waals surface area contributed by atoms with Crippen LogP contribution in [0.2, 0.25) is 5.02 Å². The van der Waals surface area contributed by atoms with Gasteiger partial charge in [0.05, 0.1) is 22.9 Å². The van der Waals surface area contributed by atoms with Crippen LogP contribution in [0, 0.1) is 0 Å². The Balaban J connectivity index is 1.82. The molecule has 0 saturated carbocycles. The molecule has 0 spiro atoms. The molecule has 2 heterocycles. The zero-order valence-corrected chi connectivity index (χ0v) is 11.9. The number of hydrogen-bond acceptors (Lipinski definition) is 6. The van der Waals surface area contributed by atoms with E-state index in [4.69, 9.17) is 17.3 Å². The second kappa shape index (κ2) is 5.48. The molecule has 20 heavy (non-hydrogen) atoms. The Hall–Kier alpha value is -2.12. The third-order valence-electron chi connectivity index (χ3n) is 2.78. The number of nitrogens with one attached hydrogen (secondary N) is 1. The van der Waals surface area contributed by atoms with Gasteiger partial charge in [-0.2, -0.15) is 0 Å². The average molecular weight is 307 g/mol. The number of nitrogens with zero attached hydrogens (tertiary/aromatic N) is 4. The molecule has 3 N–H and O–H groups in total. The Kier molecular flexibility index (Phi) is 3.53. The first-order chi connectivity index (χ1) is 9.74. The third kappa shape index (κ3) is 2.59. The van der Waals surface area contributed by atoms with E-state index in [1.807, 2.05) is 23.6 Å². The van der Waals surface area contributed by atoms with Crippen LogP contribution in [0.5, 0.6) is 0 Å². The van der Waals surface area contributed by atoms with Crippen LogP contribution in [0.25, 0.3) is 5.69 Å². The van der Waals surface area contributed by atoms with Gasteiger partial charge in [-0.15, -0.1) is 16.4 Å². The fourth-order valence-corrected chi connectivity index (χ4v) is 2.66. The van der Waals surface area contributed by atoms with E-state index in [-0.39, 0.29) is 0 Å². The van der Waals surface area contributed by atoms with Gasteiger partial charge in [0.1, 0.15) is 6.33 Å². The molecule has 0 bridgehead atoms. The summed E-state index contributed by atoms with van der Waals surface area (Å²) in [7, 11) is 0. The van der Waals surface area contributed by atoms with Crippen LogP contribution in [0.1, 0.15) is 4.88 Å². The lowest BCUT2D eigenvalue weighted by atomic mass is 10.2. The monoisotopic (exact) mass is 306 g/mol. The van der Waals surface area contributed by atoms with Crippen molar-refractivity contribution in [3.63, 3.8) is 0 Å². The number of benzene rings is 1. The first-order valence-corrected chi connectivity index (χ1v) is 7.08.